The van der Waals surface area contributed by atoms with Crippen molar-refractivity contribution in [3.63, 3.8) is 0 Å². The highest BCUT2D eigenvalue weighted by molar-refractivity contribution is 7.99. The largest absolute Gasteiger partial charge is 0.481 e. The normalized spacial score (nSPS) is 20.6. The molecule has 0 aromatic carbocycles. The van der Waals surface area contributed by atoms with Gasteiger partial charge in [-0.15, -0.1) is 0 Å². The van der Waals surface area contributed by atoms with Crippen LogP contribution < -0.4 is 9.80 Å². The third-order valence-corrected chi connectivity index (χ3v) is 5.08. The third kappa shape index (κ3) is 3.40. The number of piperidine rings is 1. The van der Waals surface area contributed by atoms with Gasteiger partial charge in [-0.05, 0) is 12.8 Å². The molecule has 0 radical (unpaired) electrons. The molecule has 0 aliphatic carbocycles. The first-order chi connectivity index (χ1) is 10.2. The molecule has 0 unspecified atom stereocenters. The first-order valence-electron chi connectivity index (χ1n) is 7.36. The van der Waals surface area contributed by atoms with Crippen LogP contribution in [0.25, 0.3) is 0 Å². The van der Waals surface area contributed by atoms with Crippen molar-refractivity contribution in [2.75, 3.05) is 47.5 Å². The molecule has 0 saturated carbocycles. The number of anilines is 2. The zero-order valence-electron chi connectivity index (χ0n) is 11.9. The number of hydrogen-bond acceptors (Lipinski definition) is 6. The summed E-state index contributed by atoms with van der Waals surface area (Å²) in [4.78, 5) is 24.2. The number of carboxylic acids is 1. The van der Waals surface area contributed by atoms with Gasteiger partial charge in [0.1, 0.15) is 18.0 Å². The summed E-state index contributed by atoms with van der Waals surface area (Å²) in [6, 6.07) is 2.04. The van der Waals surface area contributed by atoms with Crippen molar-refractivity contribution < 1.29 is 9.90 Å². The summed E-state index contributed by atoms with van der Waals surface area (Å²) < 4.78 is 0. The van der Waals surface area contributed by atoms with Crippen molar-refractivity contribution in [1.82, 2.24) is 9.97 Å². The van der Waals surface area contributed by atoms with Crippen LogP contribution in [0.1, 0.15) is 12.8 Å². The molecule has 0 bridgehead atoms. The summed E-state index contributed by atoms with van der Waals surface area (Å²) in [5.41, 5.74) is 0. The molecule has 6 nitrogen and oxygen atoms in total. The topological polar surface area (TPSA) is 69.6 Å². The zero-order chi connectivity index (χ0) is 14.7. The monoisotopic (exact) mass is 308 g/mol. The van der Waals surface area contributed by atoms with Crippen LogP contribution in [0.4, 0.5) is 11.6 Å². The van der Waals surface area contributed by atoms with E-state index in [4.69, 9.17) is 5.11 Å². The van der Waals surface area contributed by atoms with Crippen LogP contribution in [0.15, 0.2) is 12.4 Å². The molecular weight excluding hydrogens is 288 g/mol. The van der Waals surface area contributed by atoms with E-state index < -0.39 is 5.97 Å². The second kappa shape index (κ2) is 6.51. The molecule has 2 saturated heterocycles. The molecule has 0 spiro atoms. The predicted molar refractivity (Wildman–Crippen MR) is 84.1 cm³/mol. The highest BCUT2D eigenvalue weighted by Gasteiger charge is 2.25. The molecule has 2 aliphatic heterocycles. The Kier molecular flexibility index (Phi) is 4.48. The Balaban J connectivity index is 1.67. The standard InChI is InChI=1S/C14H20N4O2S/c19-14(20)11-1-3-17(4-2-11)12-9-13(16-10-15-12)18-5-7-21-8-6-18/h9-11H,1-8H2,(H,19,20). The van der Waals surface area contributed by atoms with E-state index >= 15 is 0 Å². The maximum atomic E-state index is 11.0. The van der Waals surface area contributed by atoms with Gasteiger partial charge in [0.15, 0.2) is 0 Å². The Labute approximate surface area is 128 Å². The van der Waals surface area contributed by atoms with Gasteiger partial charge in [0.25, 0.3) is 0 Å². The van der Waals surface area contributed by atoms with Gasteiger partial charge in [-0.3, -0.25) is 4.79 Å². The van der Waals surface area contributed by atoms with E-state index in [2.05, 4.69) is 19.8 Å². The summed E-state index contributed by atoms with van der Waals surface area (Å²) in [6.45, 7) is 3.57. The Hall–Kier alpha value is -1.50. The molecule has 0 amide bonds. The predicted octanol–water partition coefficient (Wildman–Crippen LogP) is 1.33. The molecule has 0 atom stereocenters. The number of carbonyl (C=O) groups is 1. The Bertz CT molecular complexity index is 500. The number of rotatable bonds is 3. The van der Waals surface area contributed by atoms with Crippen molar-refractivity contribution in [2.24, 2.45) is 5.92 Å². The Morgan fingerprint density at radius 3 is 2.24 bits per heavy atom. The molecule has 7 heteroatoms. The first kappa shape index (κ1) is 14.4. The molecule has 21 heavy (non-hydrogen) atoms. The fourth-order valence-electron chi connectivity index (χ4n) is 2.83. The van der Waals surface area contributed by atoms with Crippen molar-refractivity contribution in [1.29, 1.82) is 0 Å². The van der Waals surface area contributed by atoms with Crippen molar-refractivity contribution in [2.45, 2.75) is 12.8 Å². The van der Waals surface area contributed by atoms with Crippen LogP contribution in [0, 0.1) is 5.92 Å². The van der Waals surface area contributed by atoms with Gasteiger partial charge in [0.2, 0.25) is 0 Å². The lowest BCUT2D eigenvalue weighted by atomic mass is 9.97. The van der Waals surface area contributed by atoms with Crippen molar-refractivity contribution >= 4 is 29.4 Å². The van der Waals surface area contributed by atoms with Gasteiger partial charge in [-0.1, -0.05) is 0 Å². The molecule has 2 fully saturated rings. The SMILES string of the molecule is O=C(O)C1CCN(c2cc(N3CCSCC3)ncn2)CC1. The van der Waals surface area contributed by atoms with Gasteiger partial charge < -0.3 is 14.9 Å². The lowest BCUT2D eigenvalue weighted by molar-refractivity contribution is -0.142. The maximum Gasteiger partial charge on any atom is 0.306 e. The minimum atomic E-state index is -0.677. The van der Waals surface area contributed by atoms with Crippen LogP contribution in [-0.2, 0) is 4.79 Å². The van der Waals surface area contributed by atoms with Gasteiger partial charge in [-0.2, -0.15) is 11.8 Å². The molecule has 1 N–H and O–H groups in total. The first-order valence-corrected chi connectivity index (χ1v) is 8.52. The maximum absolute atomic E-state index is 11.0. The fraction of sp³-hybridized carbons (Fsp3) is 0.643. The van der Waals surface area contributed by atoms with Crippen molar-refractivity contribution in [3.05, 3.63) is 12.4 Å². The molecule has 114 valence electrons. The molecule has 2 aliphatic rings. The minimum Gasteiger partial charge on any atom is -0.481 e. The van der Waals surface area contributed by atoms with Gasteiger partial charge in [0, 0.05) is 43.8 Å². The number of hydrogen-bond donors (Lipinski definition) is 1. The third-order valence-electron chi connectivity index (χ3n) is 4.14. The number of nitrogens with zero attached hydrogens (tertiary/aromatic N) is 4. The van der Waals surface area contributed by atoms with Gasteiger partial charge >= 0.3 is 5.97 Å². The molecular formula is C14H20N4O2S. The van der Waals surface area contributed by atoms with E-state index in [1.54, 1.807) is 6.33 Å². The number of aromatic nitrogens is 2. The van der Waals surface area contributed by atoms with Crippen molar-refractivity contribution in [3.8, 4) is 0 Å². The summed E-state index contributed by atoms with van der Waals surface area (Å²) in [6.07, 6.45) is 3.00. The lowest BCUT2D eigenvalue weighted by Gasteiger charge is -2.32. The summed E-state index contributed by atoms with van der Waals surface area (Å²) in [5.74, 6) is 3.31. The minimum absolute atomic E-state index is 0.207. The highest BCUT2D eigenvalue weighted by atomic mass is 32.2. The van der Waals surface area contributed by atoms with Gasteiger partial charge in [0.05, 0.1) is 5.92 Å². The van der Waals surface area contributed by atoms with Crippen LogP contribution in [0.3, 0.4) is 0 Å². The average Bonchev–Trinajstić information content (AvgIpc) is 2.56. The average molecular weight is 308 g/mol. The second-order valence-electron chi connectivity index (χ2n) is 5.43. The quantitative estimate of drug-likeness (QED) is 0.903. The van der Waals surface area contributed by atoms with Crippen LogP contribution in [0.5, 0.6) is 0 Å². The van der Waals surface area contributed by atoms with E-state index in [9.17, 15) is 4.79 Å². The Morgan fingerprint density at radius 2 is 1.67 bits per heavy atom. The van der Waals surface area contributed by atoms with E-state index in [1.165, 1.54) is 0 Å². The van der Waals surface area contributed by atoms with E-state index in [0.29, 0.717) is 12.8 Å². The smallest absolute Gasteiger partial charge is 0.306 e. The van der Waals surface area contributed by atoms with Crippen LogP contribution in [0.2, 0.25) is 0 Å². The summed E-state index contributed by atoms with van der Waals surface area (Å²) >= 11 is 1.98. The summed E-state index contributed by atoms with van der Waals surface area (Å²) in [5, 5.41) is 9.06. The Morgan fingerprint density at radius 1 is 1.10 bits per heavy atom. The van der Waals surface area contributed by atoms with Gasteiger partial charge in [-0.25, -0.2) is 9.97 Å². The number of thioether (sulfide) groups is 1. The van der Waals surface area contributed by atoms with Crippen LogP contribution in [-0.4, -0.2) is 58.7 Å². The molecule has 1 aromatic heterocycles. The fourth-order valence-corrected chi connectivity index (χ4v) is 3.73. The molecule has 1 aromatic rings. The lowest BCUT2D eigenvalue weighted by Crippen LogP contribution is -2.37. The number of carboxylic acid groups (broad SMARTS) is 1. The highest BCUT2D eigenvalue weighted by Crippen LogP contribution is 2.25. The zero-order valence-corrected chi connectivity index (χ0v) is 12.8. The molecule has 3 heterocycles. The van der Waals surface area contributed by atoms with Crippen LogP contribution >= 0.6 is 11.8 Å². The second-order valence-corrected chi connectivity index (χ2v) is 6.66. The number of aliphatic carboxylic acids is 1. The van der Waals surface area contributed by atoms with E-state index in [1.807, 2.05) is 17.8 Å². The summed E-state index contributed by atoms with van der Waals surface area (Å²) in [7, 11) is 0. The van der Waals surface area contributed by atoms with E-state index in [0.717, 1.165) is 49.3 Å². The molecule has 3 rings (SSSR count). The van der Waals surface area contributed by atoms with E-state index in [-0.39, 0.29) is 5.92 Å².